The SMILES string of the molecule is COC(=O)c1ccc(OCC2CC(Oc3ccc4ccccc4c3)CN2C(=O)OC(C)(C)C)cc1. The van der Waals surface area contributed by atoms with E-state index in [0.717, 1.165) is 16.5 Å². The molecule has 1 aliphatic heterocycles. The van der Waals surface area contributed by atoms with Gasteiger partial charge >= 0.3 is 12.1 Å². The van der Waals surface area contributed by atoms with E-state index in [9.17, 15) is 9.59 Å². The number of nitrogens with zero attached hydrogens (tertiary/aromatic N) is 1. The second kappa shape index (κ2) is 10.3. The maximum absolute atomic E-state index is 12.9. The van der Waals surface area contributed by atoms with E-state index in [4.69, 9.17) is 18.9 Å². The van der Waals surface area contributed by atoms with Gasteiger partial charge in [0.15, 0.2) is 0 Å². The molecule has 1 aliphatic rings. The van der Waals surface area contributed by atoms with Gasteiger partial charge in [0.25, 0.3) is 0 Å². The number of likely N-dealkylation sites (tertiary alicyclic amines) is 1. The Labute approximate surface area is 205 Å². The fraction of sp³-hybridized carbons (Fsp3) is 0.357. The fourth-order valence-electron chi connectivity index (χ4n) is 4.09. The Hall–Kier alpha value is -3.74. The number of methoxy groups -OCH3 is 1. The zero-order valence-electron chi connectivity index (χ0n) is 20.5. The summed E-state index contributed by atoms with van der Waals surface area (Å²) in [6, 6.07) is 20.6. The minimum Gasteiger partial charge on any atom is -0.491 e. The van der Waals surface area contributed by atoms with Crippen molar-refractivity contribution in [2.45, 2.75) is 44.9 Å². The fourth-order valence-corrected chi connectivity index (χ4v) is 4.09. The maximum Gasteiger partial charge on any atom is 0.410 e. The average Bonchev–Trinajstić information content (AvgIpc) is 3.24. The Morgan fingerprint density at radius 3 is 2.31 bits per heavy atom. The third kappa shape index (κ3) is 6.23. The second-order valence-electron chi connectivity index (χ2n) is 9.60. The lowest BCUT2D eigenvalue weighted by Gasteiger charge is -2.28. The van der Waals surface area contributed by atoms with Gasteiger partial charge in [-0.15, -0.1) is 0 Å². The van der Waals surface area contributed by atoms with Crippen molar-refractivity contribution in [2.75, 3.05) is 20.3 Å². The highest BCUT2D eigenvalue weighted by Gasteiger charge is 2.39. The lowest BCUT2D eigenvalue weighted by molar-refractivity contribution is 0.0176. The molecule has 184 valence electrons. The van der Waals surface area contributed by atoms with Crippen LogP contribution in [-0.4, -0.2) is 55.0 Å². The van der Waals surface area contributed by atoms with Gasteiger partial charge in [-0.3, -0.25) is 4.90 Å². The molecular formula is C28H31NO6. The Morgan fingerprint density at radius 2 is 1.63 bits per heavy atom. The van der Waals surface area contributed by atoms with Crippen molar-refractivity contribution in [2.24, 2.45) is 0 Å². The summed E-state index contributed by atoms with van der Waals surface area (Å²) in [5.74, 6) is 0.954. The molecule has 3 aromatic rings. The highest BCUT2D eigenvalue weighted by atomic mass is 16.6. The number of amides is 1. The molecule has 2 atom stereocenters. The number of hydrogen-bond acceptors (Lipinski definition) is 6. The number of hydrogen-bond donors (Lipinski definition) is 0. The second-order valence-corrected chi connectivity index (χ2v) is 9.60. The van der Waals surface area contributed by atoms with Crippen LogP contribution in [0.25, 0.3) is 10.8 Å². The molecule has 1 fully saturated rings. The minimum absolute atomic E-state index is 0.195. The number of benzene rings is 3. The Morgan fingerprint density at radius 1 is 0.943 bits per heavy atom. The molecule has 0 bridgehead atoms. The van der Waals surface area contributed by atoms with Crippen molar-refractivity contribution in [1.29, 1.82) is 0 Å². The van der Waals surface area contributed by atoms with Gasteiger partial charge in [-0.05, 0) is 67.9 Å². The molecule has 1 heterocycles. The lowest BCUT2D eigenvalue weighted by Crippen LogP contribution is -2.42. The van der Waals surface area contributed by atoms with Crippen LogP contribution in [0.15, 0.2) is 66.7 Å². The number of carbonyl (C=O) groups is 2. The Kier molecular flexibility index (Phi) is 7.15. The molecular weight excluding hydrogens is 446 g/mol. The van der Waals surface area contributed by atoms with Gasteiger partial charge in [-0.1, -0.05) is 30.3 Å². The van der Waals surface area contributed by atoms with Crippen LogP contribution in [0.3, 0.4) is 0 Å². The number of esters is 1. The Balaban J connectivity index is 1.45. The smallest absolute Gasteiger partial charge is 0.410 e. The van der Waals surface area contributed by atoms with Crippen LogP contribution in [0.4, 0.5) is 4.79 Å². The number of carbonyl (C=O) groups excluding carboxylic acids is 2. The molecule has 3 aromatic carbocycles. The Bertz CT molecular complexity index is 1180. The van der Waals surface area contributed by atoms with Gasteiger partial charge in [0, 0.05) is 6.42 Å². The van der Waals surface area contributed by atoms with Gasteiger partial charge in [0.1, 0.15) is 29.8 Å². The van der Waals surface area contributed by atoms with Gasteiger partial charge in [0.2, 0.25) is 0 Å². The molecule has 0 aliphatic carbocycles. The highest BCUT2D eigenvalue weighted by Crippen LogP contribution is 2.28. The van der Waals surface area contributed by atoms with Crippen LogP contribution < -0.4 is 9.47 Å². The molecule has 0 N–H and O–H groups in total. The average molecular weight is 478 g/mol. The monoisotopic (exact) mass is 477 g/mol. The zero-order valence-corrected chi connectivity index (χ0v) is 20.5. The normalized spacial score (nSPS) is 17.8. The van der Waals surface area contributed by atoms with Crippen LogP contribution in [0, 0.1) is 0 Å². The van der Waals surface area contributed by atoms with Crippen molar-refractivity contribution < 1.29 is 28.5 Å². The molecule has 1 saturated heterocycles. The van der Waals surface area contributed by atoms with Crippen molar-refractivity contribution in [3.05, 3.63) is 72.3 Å². The van der Waals surface area contributed by atoms with Crippen LogP contribution >= 0.6 is 0 Å². The largest absolute Gasteiger partial charge is 0.491 e. The summed E-state index contributed by atoms with van der Waals surface area (Å²) in [5, 5.41) is 2.24. The van der Waals surface area contributed by atoms with E-state index in [0.29, 0.717) is 24.3 Å². The molecule has 7 heteroatoms. The van der Waals surface area contributed by atoms with Crippen LogP contribution in [0.2, 0.25) is 0 Å². The van der Waals surface area contributed by atoms with Gasteiger partial charge in [-0.25, -0.2) is 9.59 Å². The summed E-state index contributed by atoms with van der Waals surface area (Å²) >= 11 is 0. The van der Waals surface area contributed by atoms with E-state index in [1.54, 1.807) is 29.2 Å². The topological polar surface area (TPSA) is 74.3 Å². The predicted octanol–water partition coefficient (Wildman–Crippen LogP) is 5.46. The summed E-state index contributed by atoms with van der Waals surface area (Å²) in [5.41, 5.74) is -0.163. The van der Waals surface area contributed by atoms with Gasteiger partial charge < -0.3 is 18.9 Å². The van der Waals surface area contributed by atoms with E-state index >= 15 is 0 Å². The summed E-state index contributed by atoms with van der Waals surface area (Å²) in [6.45, 7) is 6.21. The minimum atomic E-state index is -0.608. The van der Waals surface area contributed by atoms with Crippen LogP contribution in [-0.2, 0) is 9.47 Å². The first-order chi connectivity index (χ1) is 16.7. The first kappa shape index (κ1) is 24.4. The number of ether oxygens (including phenoxy) is 4. The van der Waals surface area contributed by atoms with Crippen LogP contribution in [0.1, 0.15) is 37.6 Å². The zero-order chi connectivity index (χ0) is 25.0. The molecule has 0 spiro atoms. The molecule has 0 aromatic heterocycles. The molecule has 7 nitrogen and oxygen atoms in total. The van der Waals surface area contributed by atoms with Gasteiger partial charge in [0.05, 0.1) is 25.3 Å². The van der Waals surface area contributed by atoms with Gasteiger partial charge in [-0.2, -0.15) is 0 Å². The molecule has 0 saturated carbocycles. The van der Waals surface area contributed by atoms with Crippen molar-refractivity contribution >= 4 is 22.8 Å². The first-order valence-corrected chi connectivity index (χ1v) is 11.7. The molecule has 35 heavy (non-hydrogen) atoms. The summed E-state index contributed by atoms with van der Waals surface area (Å²) < 4.78 is 22.6. The quantitative estimate of drug-likeness (QED) is 0.439. The van der Waals surface area contributed by atoms with Crippen molar-refractivity contribution in [3.63, 3.8) is 0 Å². The third-order valence-electron chi connectivity index (χ3n) is 5.75. The predicted molar refractivity (Wildman–Crippen MR) is 133 cm³/mol. The van der Waals surface area contributed by atoms with Crippen molar-refractivity contribution in [3.8, 4) is 11.5 Å². The summed E-state index contributed by atoms with van der Waals surface area (Å²) in [6.07, 6.45) is 0.0162. The first-order valence-electron chi connectivity index (χ1n) is 11.7. The lowest BCUT2D eigenvalue weighted by atomic mass is 10.1. The molecule has 0 radical (unpaired) electrons. The third-order valence-corrected chi connectivity index (χ3v) is 5.75. The molecule has 1 amide bonds. The molecule has 2 unspecified atom stereocenters. The standard InChI is InChI=1S/C28H31NO6/c1-28(2,3)35-27(31)29-17-25(34-24-14-9-19-7-5-6-8-21(19)15-24)16-22(29)18-33-23-12-10-20(11-13-23)26(30)32-4/h5-15,22,25H,16-18H2,1-4H3. The summed E-state index contributed by atoms with van der Waals surface area (Å²) in [7, 11) is 1.34. The summed E-state index contributed by atoms with van der Waals surface area (Å²) in [4.78, 5) is 26.3. The number of rotatable bonds is 6. The van der Waals surface area contributed by atoms with Crippen molar-refractivity contribution in [1.82, 2.24) is 4.90 Å². The van der Waals surface area contributed by atoms with E-state index in [1.165, 1.54) is 7.11 Å². The van der Waals surface area contributed by atoms with Crippen LogP contribution in [0.5, 0.6) is 11.5 Å². The highest BCUT2D eigenvalue weighted by molar-refractivity contribution is 5.89. The van der Waals surface area contributed by atoms with E-state index < -0.39 is 17.7 Å². The maximum atomic E-state index is 12.9. The van der Waals surface area contributed by atoms with E-state index in [-0.39, 0.29) is 18.8 Å². The van der Waals surface area contributed by atoms with E-state index in [2.05, 4.69) is 6.07 Å². The molecule has 4 rings (SSSR count). The van der Waals surface area contributed by atoms with E-state index in [1.807, 2.05) is 57.2 Å². The number of fused-ring (bicyclic) bond motifs is 1.